The van der Waals surface area contributed by atoms with Crippen LogP contribution in [0.4, 0.5) is 0 Å². The Balaban J connectivity index is 1.85. The number of aromatic amines is 1. The molecule has 2 heteroatoms. The summed E-state index contributed by atoms with van der Waals surface area (Å²) in [6, 6.07) is 16.1. The number of nitrogens with one attached hydrogen (secondary N) is 1. The Morgan fingerprint density at radius 2 is 1.72 bits per heavy atom. The number of aromatic nitrogens is 1. The van der Waals surface area contributed by atoms with E-state index in [-0.39, 0.29) is 0 Å². The van der Waals surface area contributed by atoms with Crippen LogP contribution in [0.3, 0.4) is 0 Å². The highest BCUT2D eigenvalue weighted by molar-refractivity contribution is 5.88. The maximum Gasteiger partial charge on any atom is 0.139 e. The molecule has 2 nitrogen and oxygen atoms in total. The van der Waals surface area contributed by atoms with Crippen LogP contribution in [0.1, 0.15) is 11.1 Å². The number of fused-ring (bicyclic) bond motifs is 1. The van der Waals surface area contributed by atoms with E-state index >= 15 is 0 Å². The maximum atomic E-state index is 9.74. The van der Waals surface area contributed by atoms with Gasteiger partial charge in [0.05, 0.1) is 5.52 Å². The topological polar surface area (TPSA) is 36.0 Å². The quantitative estimate of drug-likeness (QED) is 0.716. The average molecular weight is 237 g/mol. The minimum absolute atomic E-state index is 0.318. The van der Waals surface area contributed by atoms with E-state index in [9.17, 15) is 5.11 Å². The molecule has 1 heterocycles. The lowest BCUT2D eigenvalue weighted by atomic mass is 10.0. The van der Waals surface area contributed by atoms with E-state index in [0.29, 0.717) is 5.75 Å². The molecule has 0 aliphatic rings. The Hall–Kier alpha value is -2.22. The van der Waals surface area contributed by atoms with Crippen molar-refractivity contribution in [3.05, 3.63) is 65.9 Å². The van der Waals surface area contributed by atoms with Crippen molar-refractivity contribution in [3.8, 4) is 5.75 Å². The molecule has 0 atom stereocenters. The third-order valence-corrected chi connectivity index (χ3v) is 3.30. The summed E-state index contributed by atoms with van der Waals surface area (Å²) < 4.78 is 0. The van der Waals surface area contributed by atoms with Crippen LogP contribution in [-0.4, -0.2) is 10.1 Å². The van der Waals surface area contributed by atoms with E-state index in [0.717, 1.165) is 23.7 Å². The van der Waals surface area contributed by atoms with Crippen molar-refractivity contribution in [2.24, 2.45) is 0 Å². The van der Waals surface area contributed by atoms with Crippen molar-refractivity contribution >= 4 is 10.9 Å². The molecule has 3 aromatic rings. The van der Waals surface area contributed by atoms with Gasteiger partial charge >= 0.3 is 0 Å². The first-order valence-corrected chi connectivity index (χ1v) is 6.16. The molecule has 3 rings (SSSR count). The SMILES string of the molecule is Oc1cccc2c(CCc3ccccc3)c[nH]c12. The lowest BCUT2D eigenvalue weighted by molar-refractivity contribution is 0.480. The van der Waals surface area contributed by atoms with Gasteiger partial charge in [0.25, 0.3) is 0 Å². The predicted molar refractivity (Wildman–Crippen MR) is 73.8 cm³/mol. The minimum Gasteiger partial charge on any atom is -0.506 e. The van der Waals surface area contributed by atoms with Crippen LogP contribution in [0.2, 0.25) is 0 Å². The monoisotopic (exact) mass is 237 g/mol. The van der Waals surface area contributed by atoms with Crippen LogP contribution in [0.25, 0.3) is 10.9 Å². The summed E-state index contributed by atoms with van der Waals surface area (Å²) in [6.45, 7) is 0. The van der Waals surface area contributed by atoms with E-state index in [4.69, 9.17) is 0 Å². The molecule has 0 fully saturated rings. The average Bonchev–Trinajstić information content (AvgIpc) is 2.82. The Bertz CT molecular complexity index is 655. The highest BCUT2D eigenvalue weighted by Gasteiger charge is 2.06. The highest BCUT2D eigenvalue weighted by Crippen LogP contribution is 2.26. The second-order valence-corrected chi connectivity index (χ2v) is 4.50. The molecule has 0 aliphatic carbocycles. The molecule has 1 aromatic heterocycles. The van der Waals surface area contributed by atoms with Crippen LogP contribution in [0, 0.1) is 0 Å². The van der Waals surface area contributed by atoms with Crippen LogP contribution in [0.15, 0.2) is 54.7 Å². The Kier molecular flexibility index (Phi) is 2.77. The number of phenolic OH excluding ortho intramolecular Hbond substituents is 1. The number of benzene rings is 2. The molecule has 2 N–H and O–H groups in total. The smallest absolute Gasteiger partial charge is 0.139 e. The van der Waals surface area contributed by atoms with E-state index in [2.05, 4.69) is 29.2 Å². The van der Waals surface area contributed by atoms with Gasteiger partial charge in [-0.15, -0.1) is 0 Å². The number of hydrogen-bond donors (Lipinski definition) is 2. The molecule has 0 bridgehead atoms. The first kappa shape index (κ1) is 10.9. The van der Waals surface area contributed by atoms with Crippen LogP contribution >= 0.6 is 0 Å². The van der Waals surface area contributed by atoms with Gasteiger partial charge in [0.1, 0.15) is 5.75 Å². The van der Waals surface area contributed by atoms with Crippen LogP contribution in [-0.2, 0) is 12.8 Å². The summed E-state index contributed by atoms with van der Waals surface area (Å²) in [5, 5.41) is 10.9. The van der Waals surface area contributed by atoms with Gasteiger partial charge in [0.15, 0.2) is 0 Å². The zero-order chi connectivity index (χ0) is 12.4. The molecule has 0 aliphatic heterocycles. The van der Waals surface area contributed by atoms with E-state index < -0.39 is 0 Å². The van der Waals surface area contributed by atoms with Crippen molar-refractivity contribution in [1.82, 2.24) is 4.98 Å². The van der Waals surface area contributed by atoms with Crippen molar-refractivity contribution < 1.29 is 5.11 Å². The fourth-order valence-electron chi connectivity index (χ4n) is 2.33. The third kappa shape index (κ3) is 1.97. The third-order valence-electron chi connectivity index (χ3n) is 3.30. The zero-order valence-corrected chi connectivity index (χ0v) is 10.1. The van der Waals surface area contributed by atoms with Crippen molar-refractivity contribution in [1.29, 1.82) is 0 Å². The number of aromatic hydroxyl groups is 1. The van der Waals surface area contributed by atoms with Crippen molar-refractivity contribution in [2.45, 2.75) is 12.8 Å². The van der Waals surface area contributed by atoms with Crippen molar-refractivity contribution in [3.63, 3.8) is 0 Å². The van der Waals surface area contributed by atoms with Crippen molar-refractivity contribution in [2.75, 3.05) is 0 Å². The summed E-state index contributed by atoms with van der Waals surface area (Å²) in [7, 11) is 0. The Morgan fingerprint density at radius 1 is 0.889 bits per heavy atom. The largest absolute Gasteiger partial charge is 0.506 e. The summed E-state index contributed by atoms with van der Waals surface area (Å²) in [5.74, 6) is 0.318. The van der Waals surface area contributed by atoms with E-state index in [1.807, 2.05) is 24.4 Å². The number of hydrogen-bond acceptors (Lipinski definition) is 1. The molecular formula is C16H15NO. The molecule has 0 amide bonds. The van der Waals surface area contributed by atoms with Gasteiger partial charge in [-0.3, -0.25) is 0 Å². The predicted octanol–water partition coefficient (Wildman–Crippen LogP) is 3.66. The molecule has 2 aromatic carbocycles. The molecule has 0 unspecified atom stereocenters. The normalized spacial score (nSPS) is 10.9. The molecule has 0 saturated carbocycles. The summed E-state index contributed by atoms with van der Waals surface area (Å²) in [6.07, 6.45) is 3.99. The second-order valence-electron chi connectivity index (χ2n) is 4.50. The molecule has 0 saturated heterocycles. The number of para-hydroxylation sites is 1. The fourth-order valence-corrected chi connectivity index (χ4v) is 2.33. The fraction of sp³-hybridized carbons (Fsp3) is 0.125. The number of phenols is 1. The van der Waals surface area contributed by atoms with Gasteiger partial charge in [0, 0.05) is 11.6 Å². The summed E-state index contributed by atoms with van der Waals surface area (Å²) in [4.78, 5) is 3.14. The number of H-pyrrole nitrogens is 1. The molecule has 90 valence electrons. The summed E-state index contributed by atoms with van der Waals surface area (Å²) >= 11 is 0. The van der Waals surface area contributed by atoms with Gasteiger partial charge in [-0.25, -0.2) is 0 Å². The summed E-state index contributed by atoms with van der Waals surface area (Å²) in [5.41, 5.74) is 3.43. The molecular weight excluding hydrogens is 222 g/mol. The van der Waals surface area contributed by atoms with E-state index in [1.165, 1.54) is 11.1 Å². The number of aryl methyl sites for hydroxylation is 2. The Labute approximate surface area is 106 Å². The lowest BCUT2D eigenvalue weighted by Crippen LogP contribution is -1.89. The first-order valence-electron chi connectivity index (χ1n) is 6.16. The highest BCUT2D eigenvalue weighted by atomic mass is 16.3. The van der Waals surface area contributed by atoms with Crippen LogP contribution in [0.5, 0.6) is 5.75 Å². The maximum absolute atomic E-state index is 9.74. The van der Waals surface area contributed by atoms with Gasteiger partial charge in [-0.05, 0) is 30.0 Å². The van der Waals surface area contributed by atoms with Gasteiger partial charge in [-0.1, -0.05) is 42.5 Å². The minimum atomic E-state index is 0.318. The first-order chi connectivity index (χ1) is 8.84. The Morgan fingerprint density at radius 3 is 2.56 bits per heavy atom. The number of rotatable bonds is 3. The molecule has 18 heavy (non-hydrogen) atoms. The van der Waals surface area contributed by atoms with Gasteiger partial charge in [-0.2, -0.15) is 0 Å². The van der Waals surface area contributed by atoms with Gasteiger partial charge < -0.3 is 10.1 Å². The van der Waals surface area contributed by atoms with E-state index in [1.54, 1.807) is 6.07 Å². The lowest BCUT2D eigenvalue weighted by Gasteiger charge is -2.01. The van der Waals surface area contributed by atoms with Gasteiger partial charge in [0.2, 0.25) is 0 Å². The molecule has 0 radical (unpaired) electrons. The molecule has 0 spiro atoms. The second kappa shape index (κ2) is 4.57. The standard InChI is InChI=1S/C16H15NO/c18-15-8-4-7-14-13(11-17-16(14)15)10-9-12-5-2-1-3-6-12/h1-8,11,17-18H,9-10H2. The van der Waals surface area contributed by atoms with Crippen LogP contribution < -0.4 is 0 Å². The zero-order valence-electron chi connectivity index (χ0n) is 10.1.